The fraction of sp³-hybridized carbons (Fsp3) is 0.135. The lowest BCUT2D eigenvalue weighted by atomic mass is 9.94. The zero-order valence-electron chi connectivity index (χ0n) is 64.7. The molecule has 0 radical (unpaired) electrons. The largest absolute Gasteiger partial charge is 0.497 e. The summed E-state index contributed by atoms with van der Waals surface area (Å²) in [6.45, 7) is 15.9. The molecule has 0 bridgehead atoms. The maximum absolute atomic E-state index is 13.0. The highest BCUT2D eigenvalue weighted by Crippen LogP contribution is 2.53. The van der Waals surface area contributed by atoms with Crippen LogP contribution in [0.1, 0.15) is 88.1 Å². The Morgan fingerprint density at radius 3 is 1.10 bits per heavy atom. The average Bonchev–Trinajstić information content (AvgIpc) is 0.747. The van der Waals surface area contributed by atoms with E-state index in [4.69, 9.17) is 39.3 Å². The number of aldehydes is 1. The first kappa shape index (κ1) is 82.4. The predicted molar refractivity (Wildman–Crippen MR) is 462 cm³/mol. The van der Waals surface area contributed by atoms with E-state index in [1.165, 1.54) is 0 Å². The Balaban J connectivity index is 0.000000197. The van der Waals surface area contributed by atoms with Crippen LogP contribution in [-0.2, 0) is 39.3 Å². The Morgan fingerprint density at radius 1 is 0.400 bits per heavy atom. The number of carbonyl (C=O) groups excluding carboxylic acids is 1. The van der Waals surface area contributed by atoms with Gasteiger partial charge in [0.1, 0.15) is 41.7 Å². The third-order valence-corrected chi connectivity index (χ3v) is 21.4. The van der Waals surface area contributed by atoms with Gasteiger partial charge in [-0.25, -0.2) is 4.85 Å². The number of hydrogen-bond donors (Lipinski definition) is 0. The van der Waals surface area contributed by atoms with E-state index in [-0.39, 0.29) is 43.7 Å². The van der Waals surface area contributed by atoms with Gasteiger partial charge in [0.25, 0.3) is 5.53 Å². The highest BCUT2D eigenvalue weighted by atomic mass is 31.2. The molecule has 0 fully saturated rings. The van der Waals surface area contributed by atoms with Crippen LogP contribution in [0, 0.1) is 40.6 Å². The second-order valence-corrected chi connectivity index (χ2v) is 28.4. The second kappa shape index (κ2) is 40.1. The van der Waals surface area contributed by atoms with E-state index in [1.54, 1.807) is 73.3 Å². The van der Waals surface area contributed by atoms with Crippen molar-refractivity contribution in [3.8, 4) is 35.5 Å². The van der Waals surface area contributed by atoms with Gasteiger partial charge in [0.05, 0.1) is 64.0 Å². The molecule has 572 valence electrons. The molecule has 0 aliphatic rings. The van der Waals surface area contributed by atoms with Gasteiger partial charge in [0.2, 0.25) is 14.1 Å². The van der Waals surface area contributed by atoms with Crippen LogP contribution in [0.2, 0.25) is 0 Å². The average molecular weight is 1560 g/mol. The van der Waals surface area contributed by atoms with Gasteiger partial charge in [-0.15, -0.1) is 0 Å². The SMILES string of the molecule is CCOC(OCC)(P=O)c1ccc2c(C#N)c(CP(=O)(OCC)OCC)ccc2c1C#N.COc1ccc(N(c2ccccc2)c2ccc(C=O)cc2)cc1.[C-]#[N+]c1c(C=Cc2ccc(N(c3ccccc3)c3ccc(OC)cc3)cc2)ccc2c(C#N)c(C=Cc3ccc(N(c4ccccc4)c4ccc(OC)cc4)cc3)ccc12. The van der Waals surface area contributed by atoms with Crippen LogP contribution in [0.3, 0.4) is 0 Å². The molecule has 0 saturated heterocycles. The molecule has 13 rings (SSSR count). The number of para-hydroxylation sites is 3. The zero-order chi connectivity index (χ0) is 81.1. The number of ether oxygens (including phenoxy) is 5. The summed E-state index contributed by atoms with van der Waals surface area (Å²) < 4.78 is 63.2. The molecule has 0 atom stereocenters. The van der Waals surface area contributed by atoms with Gasteiger partial charge >= 0.3 is 7.60 Å². The quantitative estimate of drug-likeness (QED) is 0.0141. The maximum atomic E-state index is 13.0. The molecule has 0 unspecified atom stereocenters. The molecule has 13 aromatic rings. The number of fused-ring (bicyclic) bond motifs is 2. The standard InChI is InChI=1S/C54H40N4O2.C22H26N2O6P2.C20H17NO2/c1-56-54-42(21-15-40-18-26-46(27-19-40)58(44-12-8-5-9-13-44)48-30-34-50(60-3)35-31-48)23-36-51-52(54)37-22-41(53(51)38-55)20-14-39-16-24-45(25-17-39)57(43-10-6-4-7-11-43)47-28-32-49(59-2)33-29-47;1-5-27-22(31-25,28-6-2)21-12-11-17-18(20(21)14-24)10-9-16(19(17)13-23)15-32(26,29-7-3)30-8-4;1-23-20-13-11-19(12-14-20)21(17-5-3-2-4-6-17)18-9-7-16(15-22)8-10-18/h4-37H,2-3H3;9-12H,5-8,15H2,1-4H3;2-15H,1H3. The summed E-state index contributed by atoms with van der Waals surface area (Å²) in [6.07, 6.45) is 8.75. The maximum Gasteiger partial charge on any atom is 0.335 e. The van der Waals surface area contributed by atoms with Crippen molar-refractivity contribution in [2.45, 2.75) is 39.4 Å². The van der Waals surface area contributed by atoms with Crippen LogP contribution >= 0.6 is 16.1 Å². The van der Waals surface area contributed by atoms with Crippen molar-refractivity contribution in [3.05, 3.63) is 352 Å². The van der Waals surface area contributed by atoms with Crippen LogP contribution in [0.5, 0.6) is 17.2 Å². The first-order valence-corrected chi connectivity index (χ1v) is 39.7. The molecule has 19 heteroatoms. The van der Waals surface area contributed by atoms with Crippen molar-refractivity contribution in [3.63, 3.8) is 0 Å². The lowest BCUT2D eigenvalue weighted by Gasteiger charge is -2.28. The number of benzene rings is 13. The molecule has 0 aromatic heterocycles. The van der Waals surface area contributed by atoms with E-state index in [1.807, 2.05) is 200 Å². The Morgan fingerprint density at radius 2 is 0.739 bits per heavy atom. The topological polar surface area (TPSA) is 201 Å². The summed E-state index contributed by atoms with van der Waals surface area (Å²) in [5.41, 5.74) is 14.1. The molecule has 0 aliphatic heterocycles. The summed E-state index contributed by atoms with van der Waals surface area (Å²) in [4.78, 5) is 21.3. The van der Waals surface area contributed by atoms with E-state index in [9.17, 15) is 29.7 Å². The Kier molecular flexibility index (Phi) is 28.7. The number of hydrogen-bond acceptors (Lipinski definition) is 16. The minimum Gasteiger partial charge on any atom is -0.497 e. The smallest absolute Gasteiger partial charge is 0.335 e. The fourth-order valence-electron chi connectivity index (χ4n) is 13.3. The minimum absolute atomic E-state index is 0.0713. The summed E-state index contributed by atoms with van der Waals surface area (Å²) in [6, 6.07) is 99.7. The van der Waals surface area contributed by atoms with Crippen molar-refractivity contribution in [1.29, 1.82) is 15.8 Å². The molecular weight excluding hydrogens is 1470 g/mol. The number of carbonyl (C=O) groups is 1. The Bertz CT molecular complexity index is 5560. The lowest BCUT2D eigenvalue weighted by Crippen LogP contribution is -2.28. The first-order chi connectivity index (χ1) is 56.3. The summed E-state index contributed by atoms with van der Waals surface area (Å²) in [7, 11) is 1.10. The van der Waals surface area contributed by atoms with Gasteiger partial charge in [-0.3, -0.25) is 13.9 Å². The summed E-state index contributed by atoms with van der Waals surface area (Å²) in [5.74, 6) is 2.42. The van der Waals surface area contributed by atoms with Crippen LogP contribution in [-0.4, -0.2) is 54.0 Å². The number of methoxy groups -OCH3 is 3. The van der Waals surface area contributed by atoms with Gasteiger partial charge in [-0.05, 0) is 224 Å². The van der Waals surface area contributed by atoms with Crippen LogP contribution in [0.25, 0.3) is 50.7 Å². The third-order valence-electron chi connectivity index (χ3n) is 18.7. The van der Waals surface area contributed by atoms with Crippen molar-refractivity contribution in [2.24, 2.45) is 0 Å². The number of nitrogens with zero attached hydrogens (tertiary/aromatic N) is 7. The molecule has 0 saturated carbocycles. The van der Waals surface area contributed by atoms with Gasteiger partial charge in [0.15, 0.2) is 0 Å². The van der Waals surface area contributed by atoms with E-state index >= 15 is 0 Å². The third kappa shape index (κ3) is 19.7. The molecule has 0 N–H and O–H groups in total. The molecule has 0 amide bonds. The van der Waals surface area contributed by atoms with Gasteiger partial charge in [-0.2, -0.15) is 15.8 Å². The number of nitriles is 3. The minimum atomic E-state index is -3.44. The second-order valence-electron chi connectivity index (χ2n) is 25.6. The molecule has 0 aliphatic carbocycles. The predicted octanol–water partition coefficient (Wildman–Crippen LogP) is 25.4. The van der Waals surface area contributed by atoms with Crippen LogP contribution in [0.4, 0.5) is 56.9 Å². The van der Waals surface area contributed by atoms with Crippen molar-refractivity contribution >= 4 is 125 Å². The van der Waals surface area contributed by atoms with E-state index in [2.05, 4.69) is 123 Å². The normalized spacial score (nSPS) is 11.1. The molecule has 115 heavy (non-hydrogen) atoms. The Hall–Kier alpha value is -13.5. The molecular formula is C96H83N7O10P2. The van der Waals surface area contributed by atoms with E-state index in [0.29, 0.717) is 38.7 Å². The molecule has 17 nitrogen and oxygen atoms in total. The van der Waals surface area contributed by atoms with Crippen LogP contribution < -0.4 is 28.9 Å². The molecule has 13 aromatic carbocycles. The van der Waals surface area contributed by atoms with E-state index in [0.717, 1.165) is 108 Å². The van der Waals surface area contributed by atoms with Gasteiger partial charge in [0, 0.05) is 86.3 Å². The van der Waals surface area contributed by atoms with Crippen molar-refractivity contribution in [1.82, 2.24) is 0 Å². The van der Waals surface area contributed by atoms with Crippen molar-refractivity contribution in [2.75, 3.05) is 62.5 Å². The fourth-order valence-corrected chi connectivity index (χ4v) is 15.6. The highest BCUT2D eigenvalue weighted by Gasteiger charge is 2.39. The van der Waals surface area contributed by atoms with Gasteiger partial charge < -0.3 is 47.4 Å². The monoisotopic (exact) mass is 1560 g/mol. The molecule has 0 spiro atoms. The number of anilines is 9. The summed E-state index contributed by atoms with van der Waals surface area (Å²) in [5, 5.41) is 32.7. The lowest BCUT2D eigenvalue weighted by molar-refractivity contribution is -0.176. The van der Waals surface area contributed by atoms with Crippen molar-refractivity contribution < 1.29 is 46.7 Å². The first-order valence-electron chi connectivity index (χ1n) is 37.1. The summed E-state index contributed by atoms with van der Waals surface area (Å²) >= 11 is 0. The number of rotatable bonds is 29. The Labute approximate surface area is 673 Å². The van der Waals surface area contributed by atoms with Crippen LogP contribution in [0.15, 0.2) is 285 Å². The van der Waals surface area contributed by atoms with Gasteiger partial charge in [-0.1, -0.05) is 152 Å². The zero-order valence-corrected chi connectivity index (χ0v) is 66.5. The van der Waals surface area contributed by atoms with E-state index < -0.39 is 21.6 Å². The highest BCUT2D eigenvalue weighted by molar-refractivity contribution is 7.53. The molecule has 0 heterocycles.